The van der Waals surface area contributed by atoms with E-state index in [4.69, 9.17) is 5.26 Å². The van der Waals surface area contributed by atoms with Crippen LogP contribution in [0.3, 0.4) is 0 Å². The van der Waals surface area contributed by atoms with E-state index in [0.29, 0.717) is 11.5 Å². The topological polar surface area (TPSA) is 73.6 Å². The van der Waals surface area contributed by atoms with E-state index in [1.54, 1.807) is 18.3 Å². The summed E-state index contributed by atoms with van der Waals surface area (Å²) in [4.78, 5) is 8.94. The van der Waals surface area contributed by atoms with Gasteiger partial charge in [0, 0.05) is 27.6 Å². The molecule has 5 nitrogen and oxygen atoms in total. The Labute approximate surface area is 161 Å². The van der Waals surface area contributed by atoms with Gasteiger partial charge in [0.05, 0.1) is 11.6 Å². The number of nitriles is 1. The average Bonchev–Trinajstić information content (AvgIpc) is 2.61. The molecule has 0 aliphatic heterocycles. The van der Waals surface area contributed by atoms with Crippen molar-refractivity contribution in [3.05, 3.63) is 69.3 Å². The third-order valence-electron chi connectivity index (χ3n) is 3.98. The van der Waals surface area contributed by atoms with E-state index in [-0.39, 0.29) is 0 Å². The summed E-state index contributed by atoms with van der Waals surface area (Å²) in [6.45, 7) is 6.09. The van der Waals surface area contributed by atoms with Crippen molar-refractivity contribution in [2.45, 2.75) is 20.8 Å². The van der Waals surface area contributed by atoms with E-state index >= 15 is 0 Å². The summed E-state index contributed by atoms with van der Waals surface area (Å²) in [6, 6.07) is 13.4. The minimum absolute atomic E-state index is 0.496. The number of rotatable bonds is 4. The van der Waals surface area contributed by atoms with Crippen LogP contribution in [0.4, 0.5) is 23.1 Å². The van der Waals surface area contributed by atoms with Crippen molar-refractivity contribution in [1.82, 2.24) is 9.97 Å². The molecule has 2 N–H and O–H groups in total. The van der Waals surface area contributed by atoms with Crippen molar-refractivity contribution < 1.29 is 0 Å². The van der Waals surface area contributed by atoms with E-state index in [1.165, 1.54) is 0 Å². The first-order chi connectivity index (χ1) is 12.5. The predicted octanol–water partition coefficient (Wildman–Crippen LogP) is 5.52. The van der Waals surface area contributed by atoms with Crippen LogP contribution >= 0.6 is 15.9 Å². The van der Waals surface area contributed by atoms with Gasteiger partial charge < -0.3 is 10.6 Å². The summed E-state index contributed by atoms with van der Waals surface area (Å²) in [5.41, 5.74) is 5.71. The molecule has 130 valence electrons. The van der Waals surface area contributed by atoms with Gasteiger partial charge in [0.1, 0.15) is 5.82 Å². The maximum atomic E-state index is 8.88. The van der Waals surface area contributed by atoms with Gasteiger partial charge in [-0.1, -0.05) is 15.9 Å². The molecule has 0 aliphatic carbocycles. The van der Waals surface area contributed by atoms with Crippen molar-refractivity contribution in [2.24, 2.45) is 0 Å². The van der Waals surface area contributed by atoms with Crippen LogP contribution < -0.4 is 10.6 Å². The van der Waals surface area contributed by atoms with E-state index in [9.17, 15) is 0 Å². The minimum Gasteiger partial charge on any atom is -0.339 e. The molecule has 0 spiro atoms. The Kier molecular flexibility index (Phi) is 5.19. The Morgan fingerprint density at radius 1 is 0.962 bits per heavy atom. The minimum atomic E-state index is 0.496. The predicted molar refractivity (Wildman–Crippen MR) is 108 cm³/mol. The zero-order chi connectivity index (χ0) is 18.7. The first-order valence-electron chi connectivity index (χ1n) is 8.11. The molecule has 0 amide bonds. The number of aromatic nitrogens is 2. The number of anilines is 4. The Bertz CT molecular complexity index is 967. The largest absolute Gasteiger partial charge is 0.339 e. The molecule has 2 aromatic carbocycles. The maximum Gasteiger partial charge on any atom is 0.229 e. The molecule has 0 saturated carbocycles. The van der Waals surface area contributed by atoms with Crippen LogP contribution in [0.15, 0.2) is 47.1 Å². The molecule has 1 heterocycles. The third-order valence-corrected chi connectivity index (χ3v) is 4.44. The van der Waals surface area contributed by atoms with Crippen LogP contribution in [0.25, 0.3) is 0 Å². The molecule has 0 saturated heterocycles. The van der Waals surface area contributed by atoms with E-state index < -0.39 is 0 Å². The highest BCUT2D eigenvalue weighted by molar-refractivity contribution is 9.10. The summed E-state index contributed by atoms with van der Waals surface area (Å²) in [5.74, 6) is 1.25. The van der Waals surface area contributed by atoms with Gasteiger partial charge in [-0.3, -0.25) is 0 Å². The number of nitrogens with one attached hydrogen (secondary N) is 2. The first-order valence-corrected chi connectivity index (χ1v) is 8.90. The van der Waals surface area contributed by atoms with Crippen LogP contribution in [-0.2, 0) is 0 Å². The highest BCUT2D eigenvalue weighted by atomic mass is 79.9. The highest BCUT2D eigenvalue weighted by Gasteiger charge is 2.09. The third kappa shape index (κ3) is 4.01. The van der Waals surface area contributed by atoms with Crippen molar-refractivity contribution in [2.75, 3.05) is 10.6 Å². The second kappa shape index (κ2) is 7.54. The average molecular weight is 408 g/mol. The lowest BCUT2D eigenvalue weighted by Crippen LogP contribution is -2.04. The summed E-state index contributed by atoms with van der Waals surface area (Å²) >= 11 is 3.52. The van der Waals surface area contributed by atoms with Gasteiger partial charge >= 0.3 is 0 Å². The molecule has 1 aromatic heterocycles. The van der Waals surface area contributed by atoms with Crippen molar-refractivity contribution >= 4 is 39.1 Å². The zero-order valence-corrected chi connectivity index (χ0v) is 16.3. The van der Waals surface area contributed by atoms with Crippen molar-refractivity contribution in [3.8, 4) is 6.07 Å². The fraction of sp³-hybridized carbons (Fsp3) is 0.150. The summed E-state index contributed by atoms with van der Waals surface area (Å²) in [7, 11) is 0. The monoisotopic (exact) mass is 407 g/mol. The molecule has 0 aliphatic rings. The SMILES string of the molecule is Cc1cnc(Nc2ccc(C#N)cc2)nc1Nc1c(C)cc(Br)cc1C. The standard InChI is InChI=1S/C20H18BrN5/c1-12-8-16(21)9-13(2)18(12)25-19-14(3)11-23-20(26-19)24-17-6-4-15(10-22)5-7-17/h4-9,11H,1-3H3,(H2,23,24,25,26). The van der Waals surface area contributed by atoms with Crippen LogP contribution in [0.5, 0.6) is 0 Å². The molecule has 0 atom stereocenters. The zero-order valence-electron chi connectivity index (χ0n) is 14.8. The number of halogens is 1. The van der Waals surface area contributed by atoms with Gasteiger partial charge in [0.15, 0.2) is 0 Å². The molecule has 0 unspecified atom stereocenters. The van der Waals surface area contributed by atoms with Gasteiger partial charge in [-0.25, -0.2) is 4.98 Å². The number of benzene rings is 2. The van der Waals surface area contributed by atoms with Crippen LogP contribution in [-0.4, -0.2) is 9.97 Å². The quantitative estimate of drug-likeness (QED) is 0.595. The van der Waals surface area contributed by atoms with Gasteiger partial charge in [-0.15, -0.1) is 0 Å². The highest BCUT2D eigenvalue weighted by Crippen LogP contribution is 2.29. The molecule has 26 heavy (non-hydrogen) atoms. The molecule has 0 radical (unpaired) electrons. The molecular weight excluding hydrogens is 390 g/mol. The molecule has 0 fully saturated rings. The lowest BCUT2D eigenvalue weighted by Gasteiger charge is -2.15. The fourth-order valence-electron chi connectivity index (χ4n) is 2.61. The Hall–Kier alpha value is -2.91. The lowest BCUT2D eigenvalue weighted by atomic mass is 10.1. The number of hydrogen-bond acceptors (Lipinski definition) is 5. The number of hydrogen-bond donors (Lipinski definition) is 2. The van der Waals surface area contributed by atoms with Crippen LogP contribution in [0, 0.1) is 32.1 Å². The van der Waals surface area contributed by atoms with Gasteiger partial charge in [-0.05, 0) is 68.3 Å². The summed E-state index contributed by atoms with van der Waals surface area (Å²) in [5, 5.41) is 15.5. The van der Waals surface area contributed by atoms with E-state index in [1.807, 2.05) is 19.1 Å². The maximum absolute atomic E-state index is 8.88. The molecule has 3 aromatic rings. The lowest BCUT2D eigenvalue weighted by molar-refractivity contribution is 1.13. The van der Waals surface area contributed by atoms with Crippen LogP contribution in [0.2, 0.25) is 0 Å². The van der Waals surface area contributed by atoms with Crippen molar-refractivity contribution in [1.29, 1.82) is 5.26 Å². The summed E-state index contributed by atoms with van der Waals surface area (Å²) < 4.78 is 1.06. The fourth-order valence-corrected chi connectivity index (χ4v) is 3.30. The molecular formula is C20H18BrN5. The molecule has 6 heteroatoms. The second-order valence-electron chi connectivity index (χ2n) is 6.08. The Morgan fingerprint density at radius 3 is 2.23 bits per heavy atom. The molecule has 3 rings (SSSR count). The number of nitrogens with zero attached hydrogens (tertiary/aromatic N) is 3. The second-order valence-corrected chi connectivity index (χ2v) is 6.99. The van der Waals surface area contributed by atoms with E-state index in [0.717, 1.165) is 38.4 Å². The molecule has 0 bridgehead atoms. The normalized spacial score (nSPS) is 10.3. The smallest absolute Gasteiger partial charge is 0.229 e. The summed E-state index contributed by atoms with van der Waals surface area (Å²) in [6.07, 6.45) is 1.78. The Morgan fingerprint density at radius 2 is 1.62 bits per heavy atom. The first kappa shape index (κ1) is 17.9. The van der Waals surface area contributed by atoms with Gasteiger partial charge in [0.2, 0.25) is 5.95 Å². The Balaban J connectivity index is 1.87. The van der Waals surface area contributed by atoms with Crippen LogP contribution in [0.1, 0.15) is 22.3 Å². The van der Waals surface area contributed by atoms with Crippen molar-refractivity contribution in [3.63, 3.8) is 0 Å². The van der Waals surface area contributed by atoms with Gasteiger partial charge in [-0.2, -0.15) is 10.2 Å². The number of aryl methyl sites for hydroxylation is 3. The van der Waals surface area contributed by atoms with Gasteiger partial charge in [0.25, 0.3) is 0 Å². The van der Waals surface area contributed by atoms with E-state index in [2.05, 4.69) is 68.6 Å².